The van der Waals surface area contributed by atoms with E-state index in [4.69, 9.17) is 22.2 Å². The maximum atomic E-state index is 13.5. The molecule has 0 saturated heterocycles. The zero-order valence-corrected chi connectivity index (χ0v) is 11.8. The fraction of sp³-hybridized carbons (Fsp3) is 0.571. The molecule has 0 bridgehead atoms. The number of hydrogen-bond donors (Lipinski definition) is 2. The van der Waals surface area contributed by atoms with Crippen LogP contribution in [0.2, 0.25) is 5.02 Å². The molecule has 1 aromatic carbocycles. The van der Waals surface area contributed by atoms with Crippen LogP contribution in [0.4, 0.5) is 4.39 Å². The Hall–Kier alpha value is -0.680. The topological polar surface area (TPSA) is 47.3 Å². The van der Waals surface area contributed by atoms with Gasteiger partial charge in [-0.2, -0.15) is 0 Å². The number of ether oxygens (including phenoxy) is 1. The van der Waals surface area contributed by atoms with Gasteiger partial charge in [-0.05, 0) is 43.5 Å². The SMILES string of the molecule is CCOC1(C(NN)c2cc(F)ccc2Cl)CCCC1. The quantitative estimate of drug-likeness (QED) is 0.645. The number of benzene rings is 1. The average molecular weight is 287 g/mol. The number of halogens is 2. The molecule has 106 valence electrons. The molecule has 1 unspecified atom stereocenters. The maximum absolute atomic E-state index is 13.5. The van der Waals surface area contributed by atoms with E-state index in [-0.39, 0.29) is 17.5 Å². The Labute approximate surface area is 118 Å². The molecule has 1 saturated carbocycles. The van der Waals surface area contributed by atoms with Crippen molar-refractivity contribution in [2.45, 2.75) is 44.2 Å². The van der Waals surface area contributed by atoms with E-state index in [0.29, 0.717) is 17.2 Å². The largest absolute Gasteiger partial charge is 0.373 e. The van der Waals surface area contributed by atoms with Crippen LogP contribution in [0.25, 0.3) is 0 Å². The second-order valence-electron chi connectivity index (χ2n) is 4.97. The highest BCUT2D eigenvalue weighted by Gasteiger charge is 2.43. The van der Waals surface area contributed by atoms with Gasteiger partial charge in [-0.1, -0.05) is 24.4 Å². The molecule has 1 aliphatic rings. The highest BCUT2D eigenvalue weighted by atomic mass is 35.5. The van der Waals surface area contributed by atoms with Gasteiger partial charge in [0.15, 0.2) is 0 Å². The van der Waals surface area contributed by atoms with Crippen LogP contribution in [0.1, 0.15) is 44.2 Å². The predicted molar refractivity (Wildman–Crippen MR) is 74.3 cm³/mol. The number of nitrogens with one attached hydrogen (secondary N) is 1. The van der Waals surface area contributed by atoms with Crippen molar-refractivity contribution in [3.05, 3.63) is 34.6 Å². The van der Waals surface area contributed by atoms with E-state index in [1.807, 2.05) is 6.92 Å². The predicted octanol–water partition coefficient (Wildman–Crippen LogP) is 3.33. The molecule has 3 N–H and O–H groups in total. The number of nitrogens with two attached hydrogens (primary N) is 1. The molecule has 0 spiro atoms. The first kappa shape index (κ1) is 14.7. The molecule has 1 aromatic rings. The second-order valence-corrected chi connectivity index (χ2v) is 5.38. The summed E-state index contributed by atoms with van der Waals surface area (Å²) in [6, 6.07) is 4.05. The van der Waals surface area contributed by atoms with Gasteiger partial charge in [-0.15, -0.1) is 0 Å². The van der Waals surface area contributed by atoms with Gasteiger partial charge in [-0.25, -0.2) is 4.39 Å². The van der Waals surface area contributed by atoms with Gasteiger partial charge in [0.2, 0.25) is 0 Å². The monoisotopic (exact) mass is 286 g/mol. The lowest BCUT2D eigenvalue weighted by molar-refractivity contribution is -0.0627. The summed E-state index contributed by atoms with van der Waals surface area (Å²) in [5, 5.41) is 0.510. The van der Waals surface area contributed by atoms with Crippen molar-refractivity contribution in [1.29, 1.82) is 0 Å². The van der Waals surface area contributed by atoms with Gasteiger partial charge >= 0.3 is 0 Å². The molecule has 2 rings (SSSR count). The fourth-order valence-corrected chi connectivity index (χ4v) is 3.26. The minimum atomic E-state index is -0.388. The summed E-state index contributed by atoms with van der Waals surface area (Å²) in [6.45, 7) is 2.56. The van der Waals surface area contributed by atoms with E-state index < -0.39 is 0 Å². The molecule has 0 heterocycles. The van der Waals surface area contributed by atoms with Crippen LogP contribution < -0.4 is 11.3 Å². The minimum absolute atomic E-state index is 0.293. The van der Waals surface area contributed by atoms with Crippen LogP contribution in [0.3, 0.4) is 0 Å². The van der Waals surface area contributed by atoms with Gasteiger partial charge in [0.05, 0.1) is 11.6 Å². The fourth-order valence-electron chi connectivity index (χ4n) is 3.04. The summed E-state index contributed by atoms with van der Waals surface area (Å²) >= 11 is 6.19. The van der Waals surface area contributed by atoms with Crippen molar-refractivity contribution in [3.63, 3.8) is 0 Å². The summed E-state index contributed by atoms with van der Waals surface area (Å²) in [6.07, 6.45) is 3.99. The third-order valence-corrected chi connectivity index (χ3v) is 4.19. The normalized spacial score (nSPS) is 19.6. The third-order valence-electron chi connectivity index (χ3n) is 3.84. The van der Waals surface area contributed by atoms with E-state index >= 15 is 0 Å². The number of rotatable bonds is 5. The Morgan fingerprint density at radius 1 is 1.47 bits per heavy atom. The molecule has 0 radical (unpaired) electrons. The van der Waals surface area contributed by atoms with Crippen molar-refractivity contribution in [2.24, 2.45) is 5.84 Å². The van der Waals surface area contributed by atoms with Crippen LogP contribution in [-0.2, 0) is 4.74 Å². The summed E-state index contributed by atoms with van der Waals surface area (Å²) in [4.78, 5) is 0. The molecule has 0 aromatic heterocycles. The molecule has 0 amide bonds. The first-order chi connectivity index (χ1) is 9.13. The highest BCUT2D eigenvalue weighted by molar-refractivity contribution is 6.31. The second kappa shape index (κ2) is 6.18. The Kier molecular flexibility index (Phi) is 4.79. The molecule has 0 aliphatic heterocycles. The maximum Gasteiger partial charge on any atom is 0.123 e. The van der Waals surface area contributed by atoms with E-state index in [2.05, 4.69) is 5.43 Å². The minimum Gasteiger partial charge on any atom is -0.373 e. The lowest BCUT2D eigenvalue weighted by Gasteiger charge is -2.37. The van der Waals surface area contributed by atoms with Crippen LogP contribution in [-0.4, -0.2) is 12.2 Å². The molecule has 3 nitrogen and oxygen atoms in total. The molecule has 1 aliphatic carbocycles. The molecule has 5 heteroatoms. The van der Waals surface area contributed by atoms with Gasteiger partial charge in [0.25, 0.3) is 0 Å². The van der Waals surface area contributed by atoms with E-state index in [0.717, 1.165) is 25.7 Å². The van der Waals surface area contributed by atoms with Gasteiger partial charge < -0.3 is 4.74 Å². The van der Waals surface area contributed by atoms with Crippen LogP contribution in [0, 0.1) is 5.82 Å². The average Bonchev–Trinajstić information content (AvgIpc) is 2.84. The van der Waals surface area contributed by atoms with Crippen molar-refractivity contribution in [3.8, 4) is 0 Å². The number of hydrogen-bond acceptors (Lipinski definition) is 3. The van der Waals surface area contributed by atoms with Crippen molar-refractivity contribution in [1.82, 2.24) is 5.43 Å². The Morgan fingerprint density at radius 2 is 2.16 bits per heavy atom. The van der Waals surface area contributed by atoms with Gasteiger partial charge in [0.1, 0.15) is 5.82 Å². The lowest BCUT2D eigenvalue weighted by Crippen LogP contribution is -2.47. The first-order valence-corrected chi connectivity index (χ1v) is 7.06. The van der Waals surface area contributed by atoms with E-state index in [1.54, 1.807) is 6.07 Å². The van der Waals surface area contributed by atoms with Crippen LogP contribution in [0.15, 0.2) is 18.2 Å². The highest BCUT2D eigenvalue weighted by Crippen LogP contribution is 2.44. The molecular weight excluding hydrogens is 267 g/mol. The summed E-state index contributed by atoms with van der Waals surface area (Å²) in [5.74, 6) is 5.39. The first-order valence-electron chi connectivity index (χ1n) is 6.68. The van der Waals surface area contributed by atoms with Gasteiger partial charge in [-0.3, -0.25) is 11.3 Å². The zero-order chi connectivity index (χ0) is 13.9. The summed E-state index contributed by atoms with van der Waals surface area (Å²) < 4.78 is 19.4. The molecular formula is C14H20ClFN2O. The Bertz CT molecular complexity index is 435. The van der Waals surface area contributed by atoms with Crippen molar-refractivity contribution >= 4 is 11.6 Å². The summed E-state index contributed by atoms with van der Waals surface area (Å²) in [5.41, 5.74) is 3.06. The molecule has 1 atom stereocenters. The van der Waals surface area contributed by atoms with E-state index in [1.165, 1.54) is 12.1 Å². The Morgan fingerprint density at radius 3 is 2.74 bits per heavy atom. The van der Waals surface area contributed by atoms with E-state index in [9.17, 15) is 4.39 Å². The van der Waals surface area contributed by atoms with Crippen molar-refractivity contribution in [2.75, 3.05) is 6.61 Å². The van der Waals surface area contributed by atoms with Crippen LogP contribution >= 0.6 is 11.6 Å². The number of hydrazine groups is 1. The standard InChI is InChI=1S/C14H20ClFN2O/c1-2-19-14(7-3-4-8-14)13(18-17)11-9-10(16)5-6-12(11)15/h5-6,9,13,18H,2-4,7-8,17H2,1H3. The zero-order valence-electron chi connectivity index (χ0n) is 11.1. The smallest absolute Gasteiger partial charge is 0.123 e. The van der Waals surface area contributed by atoms with Crippen molar-refractivity contribution < 1.29 is 9.13 Å². The third kappa shape index (κ3) is 2.92. The van der Waals surface area contributed by atoms with Crippen LogP contribution in [0.5, 0.6) is 0 Å². The molecule has 19 heavy (non-hydrogen) atoms. The molecule has 1 fully saturated rings. The summed E-state index contributed by atoms with van der Waals surface area (Å²) in [7, 11) is 0. The lowest BCUT2D eigenvalue weighted by atomic mass is 9.87. The van der Waals surface area contributed by atoms with Gasteiger partial charge in [0, 0.05) is 11.6 Å². The Balaban J connectivity index is 2.39.